The largest absolute Gasteiger partial charge is 0.236 e. The highest BCUT2D eigenvalue weighted by molar-refractivity contribution is 6.32. The van der Waals surface area contributed by atoms with E-state index in [-0.39, 0.29) is 0 Å². The van der Waals surface area contributed by atoms with Gasteiger partial charge in [0.2, 0.25) is 0 Å². The van der Waals surface area contributed by atoms with Gasteiger partial charge in [0.1, 0.15) is 6.07 Å². The van der Waals surface area contributed by atoms with Gasteiger partial charge in [-0.3, -0.25) is 0 Å². The van der Waals surface area contributed by atoms with Gasteiger partial charge in [-0.2, -0.15) is 10.4 Å². The number of nitriles is 1. The van der Waals surface area contributed by atoms with Crippen molar-refractivity contribution in [2.75, 3.05) is 0 Å². The van der Waals surface area contributed by atoms with Gasteiger partial charge in [0.15, 0.2) is 5.65 Å². The van der Waals surface area contributed by atoms with E-state index in [2.05, 4.69) is 10.1 Å². The monoisotopic (exact) mass is 254 g/mol. The number of hydrogen-bond acceptors (Lipinski definition) is 3. The van der Waals surface area contributed by atoms with Crippen LogP contribution >= 0.6 is 11.6 Å². The molecule has 0 amide bonds. The molecular weight excluding hydrogens is 248 g/mol. The van der Waals surface area contributed by atoms with Gasteiger partial charge in [0, 0.05) is 18.0 Å². The molecule has 86 valence electrons. The van der Waals surface area contributed by atoms with Crippen LogP contribution in [-0.2, 0) is 0 Å². The molecule has 0 aliphatic rings. The Labute approximate surface area is 108 Å². The van der Waals surface area contributed by atoms with Crippen molar-refractivity contribution in [3.05, 3.63) is 53.4 Å². The Bertz CT molecular complexity index is 770. The predicted octanol–water partition coefficient (Wildman–Crippen LogP) is 2.92. The SMILES string of the molecule is N#Cc1ccc(-c2cnn3cccnc23)cc1Cl. The minimum atomic E-state index is 0.435. The second-order valence-corrected chi connectivity index (χ2v) is 4.16. The molecule has 18 heavy (non-hydrogen) atoms. The summed E-state index contributed by atoms with van der Waals surface area (Å²) in [6, 6.07) is 9.15. The number of rotatable bonds is 1. The highest BCUT2D eigenvalue weighted by atomic mass is 35.5. The maximum atomic E-state index is 8.85. The summed E-state index contributed by atoms with van der Waals surface area (Å²) in [7, 11) is 0. The maximum absolute atomic E-state index is 8.85. The number of halogens is 1. The first kappa shape index (κ1) is 10.8. The maximum Gasteiger partial charge on any atom is 0.162 e. The van der Waals surface area contributed by atoms with E-state index in [9.17, 15) is 0 Å². The molecule has 0 aliphatic carbocycles. The lowest BCUT2D eigenvalue weighted by atomic mass is 10.1. The number of benzene rings is 1. The van der Waals surface area contributed by atoms with Gasteiger partial charge in [-0.1, -0.05) is 17.7 Å². The number of nitrogens with zero attached hydrogens (tertiary/aromatic N) is 4. The molecule has 0 atom stereocenters. The molecule has 1 aromatic carbocycles. The van der Waals surface area contributed by atoms with Gasteiger partial charge in [-0.15, -0.1) is 0 Å². The first-order chi connectivity index (χ1) is 8.79. The zero-order valence-electron chi connectivity index (χ0n) is 9.21. The normalized spacial score (nSPS) is 10.4. The number of hydrogen-bond donors (Lipinski definition) is 0. The third-order valence-corrected chi connectivity index (χ3v) is 2.99. The Morgan fingerprint density at radius 3 is 3.00 bits per heavy atom. The van der Waals surface area contributed by atoms with Crippen LogP contribution in [0.15, 0.2) is 42.9 Å². The Morgan fingerprint density at radius 1 is 1.33 bits per heavy atom. The molecule has 3 aromatic rings. The average molecular weight is 255 g/mol. The van der Waals surface area contributed by atoms with Crippen LogP contribution < -0.4 is 0 Å². The molecule has 0 fully saturated rings. The van der Waals surface area contributed by atoms with Gasteiger partial charge in [-0.25, -0.2) is 9.50 Å². The summed E-state index contributed by atoms with van der Waals surface area (Å²) < 4.78 is 1.70. The smallest absolute Gasteiger partial charge is 0.162 e. The van der Waals surface area contributed by atoms with Gasteiger partial charge in [0.05, 0.1) is 16.8 Å². The lowest BCUT2D eigenvalue weighted by Gasteiger charge is -2.00. The van der Waals surface area contributed by atoms with Crippen LogP contribution in [0.1, 0.15) is 5.56 Å². The van der Waals surface area contributed by atoms with Gasteiger partial charge >= 0.3 is 0 Å². The highest BCUT2D eigenvalue weighted by Gasteiger charge is 2.09. The first-order valence-corrected chi connectivity index (χ1v) is 5.66. The van der Waals surface area contributed by atoms with Crippen molar-refractivity contribution < 1.29 is 0 Å². The molecule has 0 saturated carbocycles. The van der Waals surface area contributed by atoms with E-state index in [0.717, 1.165) is 16.8 Å². The quantitative estimate of drug-likeness (QED) is 0.671. The van der Waals surface area contributed by atoms with Crippen LogP contribution in [0.3, 0.4) is 0 Å². The molecular formula is C13H7ClN4. The summed E-state index contributed by atoms with van der Waals surface area (Å²) in [4.78, 5) is 4.28. The van der Waals surface area contributed by atoms with Crippen molar-refractivity contribution in [3.63, 3.8) is 0 Å². The Balaban J connectivity index is 2.21. The lowest BCUT2D eigenvalue weighted by Crippen LogP contribution is -1.88. The molecule has 0 aliphatic heterocycles. The summed E-state index contributed by atoms with van der Waals surface area (Å²) in [5.74, 6) is 0. The van der Waals surface area contributed by atoms with Crippen LogP contribution in [0.4, 0.5) is 0 Å². The fourth-order valence-corrected chi connectivity index (χ4v) is 2.03. The van der Waals surface area contributed by atoms with Crippen molar-refractivity contribution in [2.45, 2.75) is 0 Å². The number of fused-ring (bicyclic) bond motifs is 1. The standard InChI is InChI=1S/C13H7ClN4/c14-12-6-9(2-3-10(12)7-15)11-8-17-18-5-1-4-16-13(11)18/h1-6,8H. The molecule has 5 heteroatoms. The van der Waals surface area contributed by atoms with Crippen molar-refractivity contribution >= 4 is 17.2 Å². The summed E-state index contributed by atoms with van der Waals surface area (Å²) in [5, 5.41) is 13.5. The molecule has 0 spiro atoms. The minimum Gasteiger partial charge on any atom is -0.236 e. The topological polar surface area (TPSA) is 54.0 Å². The molecule has 0 bridgehead atoms. The van der Waals surface area contributed by atoms with Crippen LogP contribution in [-0.4, -0.2) is 14.6 Å². The number of aromatic nitrogens is 3. The Morgan fingerprint density at radius 2 is 2.22 bits per heavy atom. The van der Waals surface area contributed by atoms with Crippen LogP contribution in [0.2, 0.25) is 5.02 Å². The highest BCUT2D eigenvalue weighted by Crippen LogP contribution is 2.27. The molecule has 2 heterocycles. The minimum absolute atomic E-state index is 0.435. The second kappa shape index (κ2) is 4.13. The third-order valence-electron chi connectivity index (χ3n) is 2.68. The molecule has 3 rings (SSSR count). The van der Waals surface area contributed by atoms with Gasteiger partial charge in [-0.05, 0) is 23.8 Å². The Kier molecular flexibility index (Phi) is 2.47. The second-order valence-electron chi connectivity index (χ2n) is 3.75. The fourth-order valence-electron chi connectivity index (χ4n) is 1.80. The van der Waals surface area contributed by atoms with E-state index < -0.39 is 0 Å². The van der Waals surface area contributed by atoms with E-state index in [1.807, 2.05) is 24.4 Å². The Hall–Kier alpha value is -2.38. The van der Waals surface area contributed by atoms with Crippen molar-refractivity contribution in [2.24, 2.45) is 0 Å². The summed E-state index contributed by atoms with van der Waals surface area (Å²) in [6.45, 7) is 0. The first-order valence-electron chi connectivity index (χ1n) is 5.28. The summed E-state index contributed by atoms with van der Waals surface area (Å²) in [6.07, 6.45) is 5.28. The zero-order valence-corrected chi connectivity index (χ0v) is 9.96. The molecule has 0 N–H and O–H groups in total. The van der Waals surface area contributed by atoms with Crippen LogP contribution in [0.25, 0.3) is 16.8 Å². The molecule has 4 nitrogen and oxygen atoms in total. The van der Waals surface area contributed by atoms with E-state index in [4.69, 9.17) is 16.9 Å². The molecule has 0 radical (unpaired) electrons. The predicted molar refractivity (Wildman–Crippen MR) is 68.1 cm³/mol. The average Bonchev–Trinajstić information content (AvgIpc) is 2.82. The van der Waals surface area contributed by atoms with Crippen LogP contribution in [0.5, 0.6) is 0 Å². The third kappa shape index (κ3) is 1.62. The summed E-state index contributed by atoms with van der Waals surface area (Å²) in [5.41, 5.74) is 3.01. The van der Waals surface area contributed by atoms with E-state index >= 15 is 0 Å². The molecule has 0 unspecified atom stereocenters. The zero-order chi connectivity index (χ0) is 12.5. The van der Waals surface area contributed by atoms with Crippen molar-refractivity contribution in [3.8, 4) is 17.2 Å². The van der Waals surface area contributed by atoms with Crippen LogP contribution in [0, 0.1) is 11.3 Å². The van der Waals surface area contributed by atoms with Gasteiger partial charge in [0.25, 0.3) is 0 Å². The van der Waals surface area contributed by atoms with E-state index in [1.54, 1.807) is 29.0 Å². The molecule has 2 aromatic heterocycles. The lowest BCUT2D eigenvalue weighted by molar-refractivity contribution is 0.939. The van der Waals surface area contributed by atoms with E-state index in [1.165, 1.54) is 0 Å². The van der Waals surface area contributed by atoms with Gasteiger partial charge < -0.3 is 0 Å². The van der Waals surface area contributed by atoms with E-state index in [0.29, 0.717) is 10.6 Å². The van der Waals surface area contributed by atoms with Crippen molar-refractivity contribution in [1.29, 1.82) is 5.26 Å². The summed E-state index contributed by atoms with van der Waals surface area (Å²) >= 11 is 6.03. The fraction of sp³-hybridized carbons (Fsp3) is 0. The van der Waals surface area contributed by atoms with Crippen molar-refractivity contribution in [1.82, 2.24) is 14.6 Å². The molecule has 0 saturated heterocycles.